The van der Waals surface area contributed by atoms with Gasteiger partial charge in [-0.25, -0.2) is 21.6 Å². The molecule has 342 valence electrons. The molecule has 0 saturated carbocycles. The highest BCUT2D eigenvalue weighted by atomic mass is 35.5. The lowest BCUT2D eigenvalue weighted by Crippen LogP contribution is -2.46. The van der Waals surface area contributed by atoms with Crippen molar-refractivity contribution in [1.29, 1.82) is 0 Å². The van der Waals surface area contributed by atoms with Crippen LogP contribution in [0.2, 0.25) is 5.02 Å². The van der Waals surface area contributed by atoms with Crippen molar-refractivity contribution in [2.45, 2.75) is 28.3 Å². The molecular weight excluding hydrogens is 905 g/mol. The summed E-state index contributed by atoms with van der Waals surface area (Å²) in [5, 5.41) is 4.06. The second-order valence-corrected chi connectivity index (χ2v) is 19.7. The number of sulfone groups is 1. The smallest absolute Gasteiger partial charge is 0.456 e. The van der Waals surface area contributed by atoms with Crippen LogP contribution in [0.3, 0.4) is 0 Å². The number of fused-ring (bicyclic) bond motifs is 1. The molecule has 1 aromatic heterocycles. The highest BCUT2D eigenvalue weighted by Gasteiger charge is 2.48. The number of aromatic nitrogens is 1. The number of sulfonamides is 1. The number of rotatable bonds is 15. The first-order valence-corrected chi connectivity index (χ1v) is 24.3. The molecule has 6 aromatic rings. The molecule has 13 nitrogen and oxygen atoms in total. The first-order valence-electron chi connectivity index (χ1n) is 20.9. The van der Waals surface area contributed by atoms with Crippen LogP contribution < -0.4 is 19.7 Å². The second kappa shape index (κ2) is 19.5. The van der Waals surface area contributed by atoms with Crippen molar-refractivity contribution in [3.63, 3.8) is 0 Å². The quantitative estimate of drug-likeness (QED) is 0.0856. The molecule has 0 radical (unpaired) electrons. The van der Waals surface area contributed by atoms with Crippen LogP contribution >= 0.6 is 11.6 Å². The van der Waals surface area contributed by atoms with E-state index in [-0.39, 0.29) is 17.9 Å². The Morgan fingerprint density at radius 2 is 1.57 bits per heavy atom. The maximum absolute atomic E-state index is 14.0. The second-order valence-electron chi connectivity index (χ2n) is 15.7. The van der Waals surface area contributed by atoms with Crippen LogP contribution in [-0.4, -0.2) is 109 Å². The first kappa shape index (κ1) is 45.9. The number of alkyl halides is 3. The number of halogens is 4. The number of hydrogen-bond donors (Lipinski definition) is 3. The van der Waals surface area contributed by atoms with E-state index in [1.165, 1.54) is 6.07 Å². The van der Waals surface area contributed by atoms with Gasteiger partial charge >= 0.3 is 5.51 Å². The number of amides is 1. The van der Waals surface area contributed by atoms with E-state index in [4.69, 9.17) is 21.1 Å². The fourth-order valence-corrected chi connectivity index (χ4v) is 10.2. The van der Waals surface area contributed by atoms with Gasteiger partial charge in [-0.15, -0.1) is 0 Å². The Morgan fingerprint density at radius 1 is 0.800 bits per heavy atom. The number of benzene rings is 5. The van der Waals surface area contributed by atoms with Gasteiger partial charge in [-0.3, -0.25) is 14.6 Å². The van der Waals surface area contributed by atoms with Crippen LogP contribution in [0.1, 0.15) is 22.3 Å². The van der Waals surface area contributed by atoms with Crippen molar-refractivity contribution in [3.8, 4) is 22.6 Å². The molecule has 0 atom stereocenters. The Labute approximate surface area is 380 Å². The molecule has 0 unspecified atom stereocenters. The topological polar surface area (TPSA) is 153 Å². The van der Waals surface area contributed by atoms with E-state index in [2.05, 4.69) is 37.1 Å². The minimum atomic E-state index is -6.04. The van der Waals surface area contributed by atoms with E-state index in [1.54, 1.807) is 36.5 Å². The molecular formula is C46H46ClF3N6O7S2. The average Bonchev–Trinajstić information content (AvgIpc) is 3.79. The molecule has 5 aromatic carbocycles. The number of aromatic amines is 1. The molecule has 0 bridgehead atoms. The van der Waals surface area contributed by atoms with Crippen molar-refractivity contribution in [1.82, 2.24) is 19.5 Å². The van der Waals surface area contributed by atoms with Gasteiger partial charge in [-0.2, -0.15) is 13.2 Å². The number of carbonyl (C=O) groups is 1. The molecule has 3 N–H and O–H groups in total. The number of anilines is 2. The summed E-state index contributed by atoms with van der Waals surface area (Å²) in [6, 6.07) is 30.1. The van der Waals surface area contributed by atoms with Gasteiger partial charge in [0.1, 0.15) is 16.4 Å². The molecule has 1 amide bonds. The minimum Gasteiger partial charge on any atom is -0.456 e. The summed E-state index contributed by atoms with van der Waals surface area (Å²) in [6.07, 6.45) is 2.18. The monoisotopic (exact) mass is 950 g/mol. The molecule has 65 heavy (non-hydrogen) atoms. The fourth-order valence-electron chi connectivity index (χ4n) is 7.99. The molecule has 2 aliphatic heterocycles. The fraction of sp³-hybridized carbons (Fsp3) is 0.283. The Kier molecular flexibility index (Phi) is 13.7. The van der Waals surface area contributed by atoms with Gasteiger partial charge in [0.25, 0.3) is 25.8 Å². The van der Waals surface area contributed by atoms with E-state index in [0.717, 1.165) is 34.3 Å². The molecule has 0 spiro atoms. The van der Waals surface area contributed by atoms with Crippen molar-refractivity contribution in [3.05, 3.63) is 132 Å². The summed E-state index contributed by atoms with van der Waals surface area (Å²) in [7, 11) is -11.0. The van der Waals surface area contributed by atoms with Gasteiger partial charge in [0.2, 0.25) is 0 Å². The summed E-state index contributed by atoms with van der Waals surface area (Å²) in [4.78, 5) is 21.5. The first-order chi connectivity index (χ1) is 31.2. The standard InChI is InChI=1S/C46H46ClF3N6O7S2/c47-34-10-13-37(32-6-2-1-3-7-32)33(28-34)31-55-20-22-56(23-21-55)35-11-14-39(43(29-35)63-42-9-4-8-40-38(42)16-18-52-40)45(57)53-65(60,61)36-12-15-41(44(30-36)64(58,59)46(48,49)50)51-17-5-19-54-24-26-62-27-25-54/h1-4,6-16,18,28-30,51-52H,5,17,19-27,31H2,(H,53,57). The zero-order chi connectivity index (χ0) is 45.8. The highest BCUT2D eigenvalue weighted by molar-refractivity contribution is 7.92. The molecule has 19 heteroatoms. The lowest BCUT2D eigenvalue weighted by Gasteiger charge is -2.36. The van der Waals surface area contributed by atoms with Crippen LogP contribution in [0, 0.1) is 0 Å². The van der Waals surface area contributed by atoms with Crippen LogP contribution in [0.4, 0.5) is 24.5 Å². The van der Waals surface area contributed by atoms with E-state index < -0.39 is 46.8 Å². The maximum atomic E-state index is 14.0. The summed E-state index contributed by atoms with van der Waals surface area (Å²) in [5.41, 5.74) is -1.64. The maximum Gasteiger partial charge on any atom is 0.501 e. The Balaban J connectivity index is 1.03. The Morgan fingerprint density at radius 3 is 2.32 bits per heavy atom. The largest absolute Gasteiger partial charge is 0.501 e. The van der Waals surface area contributed by atoms with Gasteiger partial charge < -0.3 is 24.7 Å². The van der Waals surface area contributed by atoms with E-state index in [1.807, 2.05) is 47.2 Å². The van der Waals surface area contributed by atoms with E-state index in [0.29, 0.717) is 99.9 Å². The number of nitrogens with zero attached hydrogens (tertiary/aromatic N) is 3. The molecule has 0 aliphatic carbocycles. The summed E-state index contributed by atoms with van der Waals surface area (Å²) in [6.45, 7) is 6.43. The SMILES string of the molecule is O=C(NS(=O)(=O)c1ccc(NCCCN2CCOCC2)c(S(=O)(=O)C(F)(F)F)c1)c1ccc(N2CCN(Cc3cc(Cl)ccc3-c3ccccc3)CC2)cc1Oc1cccc2[nH]ccc12. The van der Waals surface area contributed by atoms with Crippen molar-refractivity contribution in [2.75, 3.05) is 75.8 Å². The van der Waals surface area contributed by atoms with Gasteiger partial charge in [-0.05, 0) is 90.3 Å². The number of piperazine rings is 1. The zero-order valence-corrected chi connectivity index (χ0v) is 37.4. The number of hydrogen-bond acceptors (Lipinski definition) is 11. The summed E-state index contributed by atoms with van der Waals surface area (Å²) in [5.74, 6) is -0.776. The third-order valence-electron chi connectivity index (χ3n) is 11.4. The summed E-state index contributed by atoms with van der Waals surface area (Å²) >= 11 is 6.44. The van der Waals surface area contributed by atoms with Crippen LogP contribution in [-0.2, 0) is 31.1 Å². The number of carbonyl (C=O) groups excluding carboxylic acids is 1. The van der Waals surface area contributed by atoms with E-state index >= 15 is 0 Å². The molecule has 2 saturated heterocycles. The predicted molar refractivity (Wildman–Crippen MR) is 244 cm³/mol. The zero-order valence-electron chi connectivity index (χ0n) is 35.0. The van der Waals surface area contributed by atoms with E-state index in [9.17, 15) is 34.8 Å². The predicted octanol–water partition coefficient (Wildman–Crippen LogP) is 8.15. The normalized spacial score (nSPS) is 15.5. The molecule has 3 heterocycles. The van der Waals surface area contributed by atoms with Gasteiger partial charge in [0.15, 0.2) is 0 Å². The van der Waals surface area contributed by atoms with Gasteiger partial charge in [-0.1, -0.05) is 54.1 Å². The van der Waals surface area contributed by atoms with Crippen LogP contribution in [0.25, 0.3) is 22.0 Å². The van der Waals surface area contributed by atoms with Crippen LogP contribution in [0.5, 0.6) is 11.5 Å². The molecule has 2 fully saturated rings. The van der Waals surface area contributed by atoms with Crippen molar-refractivity contribution < 1.29 is 44.3 Å². The van der Waals surface area contributed by atoms with Gasteiger partial charge in [0.05, 0.1) is 29.4 Å². The van der Waals surface area contributed by atoms with Crippen molar-refractivity contribution in [2.24, 2.45) is 0 Å². The Hall–Kier alpha value is -5.63. The third kappa shape index (κ3) is 10.6. The number of ether oxygens (including phenoxy) is 2. The summed E-state index contributed by atoms with van der Waals surface area (Å²) < 4.78 is 109. The van der Waals surface area contributed by atoms with Gasteiger partial charge in [0, 0.05) is 86.2 Å². The Bertz CT molecular complexity index is 2890. The lowest BCUT2D eigenvalue weighted by atomic mass is 9.99. The number of nitrogens with one attached hydrogen (secondary N) is 3. The number of morpholine rings is 1. The van der Waals surface area contributed by atoms with Crippen LogP contribution in [0.15, 0.2) is 125 Å². The molecule has 2 aliphatic rings. The average molecular weight is 951 g/mol. The lowest BCUT2D eigenvalue weighted by molar-refractivity contribution is -0.0435. The van der Waals surface area contributed by atoms with Crippen molar-refractivity contribution >= 4 is 59.6 Å². The highest BCUT2D eigenvalue weighted by Crippen LogP contribution is 2.38. The minimum absolute atomic E-state index is 0.00900. The third-order valence-corrected chi connectivity index (χ3v) is 14.5. The molecule has 8 rings (SSSR count). The number of H-pyrrole nitrogens is 1.